The molecule has 1 amide bonds. The van der Waals surface area contributed by atoms with Gasteiger partial charge in [-0.1, -0.05) is 30.3 Å². The summed E-state index contributed by atoms with van der Waals surface area (Å²) in [6.45, 7) is 4.48. The van der Waals surface area contributed by atoms with Crippen LogP contribution in [0.2, 0.25) is 0 Å². The molecule has 1 N–H and O–H groups in total. The van der Waals surface area contributed by atoms with Gasteiger partial charge in [0.25, 0.3) is 0 Å². The molecule has 0 spiro atoms. The quantitative estimate of drug-likeness (QED) is 0.539. The molecule has 3 aromatic rings. The SMILES string of the molecule is Cc1nnc(C(=O)NC(C)c2cc(F)c(CN3[C@@H](C)CC[C@H](c4ccccc4)S3(=O)=O)cc2F)o1. The average molecular weight is 505 g/mol. The van der Waals surface area contributed by atoms with Crippen molar-refractivity contribution in [2.24, 2.45) is 0 Å². The Hall–Kier alpha value is -3.18. The Morgan fingerprint density at radius 3 is 2.54 bits per heavy atom. The second kappa shape index (κ2) is 9.82. The third-order valence-electron chi connectivity index (χ3n) is 6.22. The Bertz CT molecular complexity index is 1330. The summed E-state index contributed by atoms with van der Waals surface area (Å²) in [6.07, 6.45) is 1.05. The summed E-state index contributed by atoms with van der Waals surface area (Å²) in [5.74, 6) is -2.34. The summed E-state index contributed by atoms with van der Waals surface area (Å²) in [7, 11) is -3.80. The van der Waals surface area contributed by atoms with Crippen molar-refractivity contribution >= 4 is 15.9 Å². The molecule has 35 heavy (non-hydrogen) atoms. The zero-order valence-corrected chi connectivity index (χ0v) is 20.4. The number of carbonyl (C=O) groups is 1. The molecule has 3 atom stereocenters. The number of benzene rings is 2. The number of nitrogens with zero attached hydrogens (tertiary/aromatic N) is 3. The maximum absolute atomic E-state index is 15.1. The van der Waals surface area contributed by atoms with Crippen molar-refractivity contribution in [2.75, 3.05) is 0 Å². The van der Waals surface area contributed by atoms with Gasteiger partial charge in [-0.05, 0) is 44.4 Å². The van der Waals surface area contributed by atoms with Gasteiger partial charge in [0, 0.05) is 30.6 Å². The van der Waals surface area contributed by atoms with Gasteiger partial charge < -0.3 is 9.73 Å². The van der Waals surface area contributed by atoms with Gasteiger partial charge in [0.05, 0.1) is 6.04 Å². The monoisotopic (exact) mass is 504 g/mol. The molecule has 1 aliphatic heterocycles. The number of hydrogen-bond acceptors (Lipinski definition) is 6. The molecule has 1 aliphatic rings. The first-order valence-electron chi connectivity index (χ1n) is 11.2. The van der Waals surface area contributed by atoms with Gasteiger partial charge in [0.15, 0.2) is 0 Å². The van der Waals surface area contributed by atoms with E-state index in [-0.39, 0.29) is 35.5 Å². The van der Waals surface area contributed by atoms with Crippen molar-refractivity contribution < 1.29 is 26.4 Å². The summed E-state index contributed by atoms with van der Waals surface area (Å²) < 4.78 is 63.1. The first-order valence-corrected chi connectivity index (χ1v) is 12.7. The lowest BCUT2D eigenvalue weighted by molar-refractivity contribution is 0.0902. The van der Waals surface area contributed by atoms with Gasteiger partial charge in [-0.25, -0.2) is 17.2 Å². The molecule has 1 unspecified atom stereocenters. The average Bonchev–Trinajstić information content (AvgIpc) is 3.25. The first kappa shape index (κ1) is 24.9. The number of amides is 1. The Balaban J connectivity index is 1.55. The van der Waals surface area contributed by atoms with Crippen molar-refractivity contribution in [1.29, 1.82) is 0 Å². The Kier molecular flexibility index (Phi) is 7.00. The number of carbonyl (C=O) groups excluding carboxylic acids is 1. The molecular weight excluding hydrogens is 478 g/mol. The van der Waals surface area contributed by atoms with Crippen LogP contribution in [0.15, 0.2) is 46.9 Å². The van der Waals surface area contributed by atoms with Crippen LogP contribution >= 0.6 is 0 Å². The minimum absolute atomic E-state index is 0.0820. The lowest BCUT2D eigenvalue weighted by Gasteiger charge is -2.37. The molecule has 0 bridgehead atoms. The fourth-order valence-electron chi connectivity index (χ4n) is 4.30. The number of hydrogen-bond donors (Lipinski definition) is 1. The molecule has 2 heterocycles. The van der Waals surface area contributed by atoms with Gasteiger partial charge in [-0.15, -0.1) is 10.2 Å². The number of rotatable bonds is 6. The molecule has 11 heteroatoms. The fraction of sp³-hybridized carbons (Fsp3) is 0.375. The van der Waals surface area contributed by atoms with Gasteiger partial charge in [0.2, 0.25) is 15.9 Å². The normalized spacial score (nSPS) is 20.9. The van der Waals surface area contributed by atoms with E-state index in [9.17, 15) is 17.6 Å². The highest BCUT2D eigenvalue weighted by atomic mass is 32.2. The molecule has 2 aromatic carbocycles. The number of halogens is 2. The lowest BCUT2D eigenvalue weighted by atomic mass is 10.0. The van der Waals surface area contributed by atoms with Crippen LogP contribution in [0.1, 0.15) is 71.2 Å². The maximum Gasteiger partial charge on any atom is 0.309 e. The van der Waals surface area contributed by atoms with E-state index < -0.39 is 38.9 Å². The Labute approximate surface area is 202 Å². The highest BCUT2D eigenvalue weighted by molar-refractivity contribution is 7.89. The van der Waals surface area contributed by atoms with Gasteiger partial charge in [-0.3, -0.25) is 4.79 Å². The van der Waals surface area contributed by atoms with Crippen molar-refractivity contribution in [1.82, 2.24) is 19.8 Å². The molecular formula is C24H26F2N4O4S. The van der Waals surface area contributed by atoms with Gasteiger partial charge in [0.1, 0.15) is 16.9 Å². The number of aryl methyl sites for hydroxylation is 1. The standard InChI is InChI=1S/C24H26F2N4O4S/c1-14-9-10-22(17-7-5-4-6-8-17)35(32,33)30(14)13-18-11-21(26)19(12-20(18)25)15(2)27-23(31)24-29-28-16(3)34-24/h4-8,11-12,14-15,22H,9-10,13H2,1-3H3,(H,27,31)/t14-,15?,22+/m0/s1. The highest BCUT2D eigenvalue weighted by Crippen LogP contribution is 2.38. The van der Waals surface area contributed by atoms with Gasteiger partial charge in [-0.2, -0.15) is 4.31 Å². The molecule has 0 saturated carbocycles. The minimum atomic E-state index is -3.80. The van der Waals surface area contributed by atoms with Crippen LogP contribution in [0.4, 0.5) is 8.78 Å². The summed E-state index contributed by atoms with van der Waals surface area (Å²) in [5.41, 5.74) is 0.501. The van der Waals surface area contributed by atoms with Crippen molar-refractivity contribution in [3.63, 3.8) is 0 Å². The second-order valence-electron chi connectivity index (χ2n) is 8.70. The van der Waals surface area contributed by atoms with Crippen LogP contribution in [0.3, 0.4) is 0 Å². The molecule has 0 radical (unpaired) electrons. The van der Waals surface area contributed by atoms with Crippen LogP contribution in [-0.2, 0) is 16.6 Å². The van der Waals surface area contributed by atoms with Crippen molar-refractivity contribution in [3.05, 3.63) is 82.6 Å². The summed E-state index contributed by atoms with van der Waals surface area (Å²) >= 11 is 0. The van der Waals surface area contributed by atoms with E-state index >= 15 is 4.39 Å². The minimum Gasteiger partial charge on any atom is -0.417 e. The van der Waals surface area contributed by atoms with E-state index in [1.807, 2.05) is 6.07 Å². The number of nitrogens with one attached hydrogen (secondary N) is 1. The molecule has 8 nitrogen and oxygen atoms in total. The molecule has 4 rings (SSSR count). The van der Waals surface area contributed by atoms with E-state index in [1.165, 1.54) is 18.2 Å². The Morgan fingerprint density at radius 2 is 1.89 bits per heavy atom. The Morgan fingerprint density at radius 1 is 1.17 bits per heavy atom. The summed E-state index contributed by atoms with van der Waals surface area (Å²) in [6, 6.07) is 9.58. The van der Waals surface area contributed by atoms with Crippen LogP contribution < -0.4 is 5.32 Å². The number of sulfonamides is 1. The third kappa shape index (κ3) is 5.10. The van der Waals surface area contributed by atoms with Crippen LogP contribution in [0.5, 0.6) is 0 Å². The topological polar surface area (TPSA) is 105 Å². The molecule has 0 aliphatic carbocycles. The maximum atomic E-state index is 15.1. The molecule has 1 aromatic heterocycles. The first-order chi connectivity index (χ1) is 16.6. The van der Waals surface area contributed by atoms with Crippen molar-refractivity contribution in [2.45, 2.75) is 57.5 Å². The lowest BCUT2D eigenvalue weighted by Crippen LogP contribution is -2.44. The summed E-state index contributed by atoms with van der Waals surface area (Å²) in [5, 5.41) is 8.92. The predicted octanol–water partition coefficient (Wildman–Crippen LogP) is 4.20. The number of aromatic nitrogens is 2. The largest absolute Gasteiger partial charge is 0.417 e. The van der Waals surface area contributed by atoms with Crippen LogP contribution in [-0.4, -0.2) is 34.9 Å². The van der Waals surface area contributed by atoms with Crippen LogP contribution in [0, 0.1) is 18.6 Å². The highest BCUT2D eigenvalue weighted by Gasteiger charge is 2.40. The predicted molar refractivity (Wildman–Crippen MR) is 124 cm³/mol. The zero-order chi connectivity index (χ0) is 25.3. The van der Waals surface area contributed by atoms with E-state index in [2.05, 4.69) is 15.5 Å². The molecule has 186 valence electrons. The van der Waals surface area contributed by atoms with Gasteiger partial charge >= 0.3 is 11.8 Å². The van der Waals surface area contributed by atoms with Crippen molar-refractivity contribution in [3.8, 4) is 0 Å². The fourth-order valence-corrected chi connectivity index (χ4v) is 6.49. The second-order valence-corrected chi connectivity index (χ2v) is 10.8. The van der Waals surface area contributed by atoms with E-state index in [4.69, 9.17) is 4.42 Å². The molecule has 1 saturated heterocycles. The van der Waals surface area contributed by atoms with E-state index in [1.54, 1.807) is 31.2 Å². The van der Waals surface area contributed by atoms with E-state index in [0.717, 1.165) is 12.1 Å². The van der Waals surface area contributed by atoms with Crippen LogP contribution in [0.25, 0.3) is 0 Å². The summed E-state index contributed by atoms with van der Waals surface area (Å²) in [4.78, 5) is 12.2. The smallest absolute Gasteiger partial charge is 0.309 e. The third-order valence-corrected chi connectivity index (χ3v) is 8.59. The zero-order valence-electron chi connectivity index (χ0n) is 19.5. The molecule has 1 fully saturated rings. The van der Waals surface area contributed by atoms with E-state index in [0.29, 0.717) is 18.4 Å².